The van der Waals surface area contributed by atoms with Crippen LogP contribution in [0.15, 0.2) is 417 Å². The summed E-state index contributed by atoms with van der Waals surface area (Å²) in [7, 11) is 0. The molecule has 0 aliphatic carbocycles. The van der Waals surface area contributed by atoms with Crippen LogP contribution in [-0.2, 0) is 0 Å². The molecule has 0 radical (unpaired) electrons. The van der Waals surface area contributed by atoms with Gasteiger partial charge in [-0.25, -0.2) is 19.2 Å². The molecule has 18 nitrogen and oxygen atoms in total. The van der Waals surface area contributed by atoms with Gasteiger partial charge in [-0.1, -0.05) is 231 Å². The van der Waals surface area contributed by atoms with Crippen molar-refractivity contribution in [2.45, 2.75) is 0 Å². The highest BCUT2D eigenvalue weighted by molar-refractivity contribution is 6.45. The molecule has 25 aromatic carbocycles. The van der Waals surface area contributed by atoms with E-state index in [0.29, 0.717) is 131 Å². The smallest absolute Gasteiger partial charge is 0.346 e. The van der Waals surface area contributed by atoms with Crippen molar-refractivity contribution in [2.75, 3.05) is 0 Å². The number of ether oxygens (including phenoxy) is 4. The Bertz CT molecular complexity index is 11300. The van der Waals surface area contributed by atoms with Gasteiger partial charge in [0.1, 0.15) is 90.7 Å². The summed E-state index contributed by atoms with van der Waals surface area (Å²) in [6, 6.07) is 112. The normalized spacial score (nSPS) is 12.5. The average molecular weight is 1860 g/mol. The maximum atomic E-state index is 14.0. The molecule has 31 aromatic rings. The second kappa shape index (κ2) is 28.8. The van der Waals surface area contributed by atoms with Crippen molar-refractivity contribution >= 4 is 260 Å². The Morgan fingerprint density at radius 3 is 0.826 bits per heavy atom. The lowest BCUT2D eigenvalue weighted by Crippen LogP contribution is -2.13. The molecule has 670 valence electrons. The lowest BCUT2D eigenvalue weighted by molar-refractivity contribution is 0.474. The highest BCUT2D eigenvalue weighted by Gasteiger charge is 2.36. The Morgan fingerprint density at radius 2 is 0.451 bits per heavy atom. The standard InChI is InChI=1S/C46H26O4.C42H18O6.C38H14O8/c1-3-13-27(14-4-1)47-39-25-35-41-31-19-9-10-20-32(31)42-36-26-40(48-28-15-5-2-6-16-28)30-18-8-12-22-34(30)46(36)50-38-24-23-37(43(41)44(38)42)49-45(35)33-21-11-7-17-29(33)39;43-37-21-9-3-5-11-23(21)39(45)33-25(37)13-15-27-31-19-7-1-2-8-20(19)32-28-16-14-26-34(40(46)24-12-6-4-10-22(24)38(26)44)42(28)48-30-18-17-29(47-41(27)33)35(31)36(30)32;39-35-19-9-3-7-17-27(19)23(37(41)45-35)13-21-29-15-5-1-2-6-16(15)30-22-14-24-28-18(8-4-10-20(28)36(40)46-38(24)42)34(22)44-26-12-11-25(43-33(17)21)31(29)32(26)30/h1-26H;1-18H;1-14H. The monoisotopic (exact) mass is 1860 g/mol. The highest BCUT2D eigenvalue weighted by atomic mass is 16.5. The third-order valence-corrected chi connectivity index (χ3v) is 29.6. The van der Waals surface area contributed by atoms with Crippen LogP contribution in [0.4, 0.5) is 0 Å². The predicted octanol–water partition coefficient (Wildman–Crippen LogP) is 30.1. The summed E-state index contributed by atoms with van der Waals surface area (Å²) in [5.41, 5.74) is 4.47. The molecule has 0 fully saturated rings. The van der Waals surface area contributed by atoms with Crippen LogP contribution < -0.4 is 63.2 Å². The van der Waals surface area contributed by atoms with Crippen LogP contribution in [0.1, 0.15) is 0 Å². The van der Waals surface area contributed by atoms with Gasteiger partial charge in [0.2, 0.25) is 0 Å². The van der Waals surface area contributed by atoms with Crippen molar-refractivity contribution < 1.29 is 45.5 Å². The van der Waals surface area contributed by atoms with Gasteiger partial charge in [-0.3, -0.25) is 19.2 Å². The largest absolute Gasteiger partial charge is 0.457 e. The molecule has 0 spiro atoms. The van der Waals surface area contributed by atoms with Crippen LogP contribution >= 0.6 is 0 Å². The molecule has 2 aliphatic heterocycles. The number of hydrogen-bond acceptors (Lipinski definition) is 18. The summed E-state index contributed by atoms with van der Waals surface area (Å²) >= 11 is 0. The molecule has 18 heteroatoms. The molecule has 0 bridgehead atoms. The fraction of sp³-hybridized carbons (Fsp3) is 0. The van der Waals surface area contributed by atoms with Gasteiger partial charge in [-0.05, 0) is 154 Å². The Balaban J connectivity index is 0.0000000986. The van der Waals surface area contributed by atoms with E-state index in [4.69, 9.17) is 45.5 Å². The number of para-hydroxylation sites is 2. The van der Waals surface area contributed by atoms with E-state index >= 15 is 0 Å². The maximum Gasteiger partial charge on any atom is 0.346 e. The summed E-state index contributed by atoms with van der Waals surface area (Å²) in [6.45, 7) is 0. The minimum absolute atomic E-state index is 0.212. The van der Waals surface area contributed by atoms with Crippen molar-refractivity contribution in [1.82, 2.24) is 0 Å². The average Bonchev–Trinajstić information content (AvgIpc) is 0.689. The van der Waals surface area contributed by atoms with E-state index in [9.17, 15) is 38.4 Å². The quantitative estimate of drug-likeness (QED) is 0.117. The molecular weight excluding hydrogens is 1800 g/mol. The van der Waals surface area contributed by atoms with Crippen LogP contribution in [0.2, 0.25) is 0 Å². The van der Waals surface area contributed by atoms with Crippen molar-refractivity contribution in [1.29, 1.82) is 0 Å². The summed E-state index contributed by atoms with van der Waals surface area (Å²) in [5, 5.41) is 27.4. The van der Waals surface area contributed by atoms with Crippen molar-refractivity contribution in [3.05, 3.63) is 434 Å². The fourth-order valence-electron chi connectivity index (χ4n) is 23.7. The Labute approximate surface area is 803 Å². The Morgan fingerprint density at radius 1 is 0.167 bits per heavy atom. The number of rotatable bonds is 4. The summed E-state index contributed by atoms with van der Waals surface area (Å²) in [4.78, 5) is 107. The molecule has 0 unspecified atom stereocenters. The second-order valence-corrected chi connectivity index (χ2v) is 36.9. The second-order valence-electron chi connectivity index (χ2n) is 36.9. The van der Waals surface area contributed by atoms with Crippen LogP contribution in [0.5, 0.6) is 46.0 Å². The summed E-state index contributed by atoms with van der Waals surface area (Å²) in [5.74, 6) is 6.36. The van der Waals surface area contributed by atoms with Gasteiger partial charge < -0.3 is 45.5 Å². The van der Waals surface area contributed by atoms with Crippen LogP contribution in [-0.4, -0.2) is 0 Å². The lowest BCUT2D eigenvalue weighted by Gasteiger charge is -2.30. The maximum absolute atomic E-state index is 14.0. The zero-order valence-corrected chi connectivity index (χ0v) is 74.8. The fourth-order valence-corrected chi connectivity index (χ4v) is 23.7. The van der Waals surface area contributed by atoms with Gasteiger partial charge >= 0.3 is 22.5 Å². The SMILES string of the molecule is O=c1c2ccccc2c(=O)c2c1ccc1c2oc2ccc3oc4c(ccc5c(=O)c6ccccc6c(=O)c54)c4c5ccccc5c1c2c34.O=c1oc(=O)c2cc3c(oc4ccc5oc6c7cccc8c(=O)oc(=O)c(cc6c6c9ccccc9c3c4c56)c87)c3cccc1c23.c1ccc(Oc2cc3c(c4ccccc24)Oc2ccc4c5c(c6ccccc6c-3c25)-c2cc(Oc3ccccc3)c3ccccc3c2O4)cc1. The van der Waals surface area contributed by atoms with Gasteiger partial charge in [0.15, 0.2) is 21.7 Å². The Hall–Kier alpha value is -20.0. The first-order valence-corrected chi connectivity index (χ1v) is 46.9. The zero-order chi connectivity index (χ0) is 95.3. The first kappa shape index (κ1) is 79.1. The predicted molar refractivity (Wildman–Crippen MR) is 572 cm³/mol. The molecule has 0 saturated carbocycles. The minimum Gasteiger partial charge on any atom is -0.457 e. The molecule has 0 saturated heterocycles. The van der Waals surface area contributed by atoms with E-state index < -0.39 is 22.5 Å². The number of fused-ring (bicyclic) bond motifs is 33. The molecule has 0 amide bonds. The number of hydrogen-bond donors (Lipinski definition) is 0. The molecule has 6 aromatic heterocycles. The molecule has 0 N–H and O–H groups in total. The first-order chi connectivity index (χ1) is 70.8. The van der Waals surface area contributed by atoms with Crippen LogP contribution in [0, 0.1) is 0 Å². The van der Waals surface area contributed by atoms with Crippen LogP contribution in [0.3, 0.4) is 0 Å². The van der Waals surface area contributed by atoms with Crippen molar-refractivity contribution in [3.63, 3.8) is 0 Å². The lowest BCUT2D eigenvalue weighted by atomic mass is 9.82. The summed E-state index contributed by atoms with van der Waals surface area (Å²) in [6.07, 6.45) is 0. The Kier molecular flexibility index (Phi) is 15.8. The summed E-state index contributed by atoms with van der Waals surface area (Å²) < 4.78 is 63.8. The third kappa shape index (κ3) is 10.6. The molecule has 2 aliphatic rings. The van der Waals surface area contributed by atoms with Gasteiger partial charge in [0.05, 0.1) is 32.3 Å². The zero-order valence-electron chi connectivity index (χ0n) is 74.8. The first-order valence-electron chi connectivity index (χ1n) is 46.9. The van der Waals surface area contributed by atoms with E-state index in [1.807, 2.05) is 170 Å². The van der Waals surface area contributed by atoms with E-state index in [1.54, 1.807) is 109 Å². The van der Waals surface area contributed by atoms with E-state index in [2.05, 4.69) is 72.8 Å². The molecule has 144 heavy (non-hydrogen) atoms. The number of benzene rings is 25. The topological polar surface area (TPSA) is 252 Å². The van der Waals surface area contributed by atoms with Crippen molar-refractivity contribution in [2.24, 2.45) is 0 Å². The van der Waals surface area contributed by atoms with Gasteiger partial charge in [0.25, 0.3) is 0 Å². The molecule has 0 atom stereocenters. The highest BCUT2D eigenvalue weighted by Crippen LogP contribution is 2.63. The van der Waals surface area contributed by atoms with Crippen LogP contribution in [0.25, 0.3) is 282 Å². The van der Waals surface area contributed by atoms with E-state index in [1.165, 1.54) is 0 Å². The third-order valence-electron chi connectivity index (χ3n) is 29.6. The molecular formula is C126H58O18. The van der Waals surface area contributed by atoms with E-state index in [0.717, 1.165) is 176 Å². The molecule has 33 rings (SSSR count). The minimum atomic E-state index is -0.711. The molecule has 8 heterocycles. The van der Waals surface area contributed by atoms with Gasteiger partial charge in [-0.15, -0.1) is 0 Å². The van der Waals surface area contributed by atoms with E-state index in [-0.39, 0.29) is 43.3 Å². The van der Waals surface area contributed by atoms with Crippen molar-refractivity contribution in [3.8, 4) is 68.2 Å². The van der Waals surface area contributed by atoms with Gasteiger partial charge in [-0.2, -0.15) is 0 Å². The van der Waals surface area contributed by atoms with Gasteiger partial charge in [0, 0.05) is 173 Å².